The van der Waals surface area contributed by atoms with Gasteiger partial charge in [0, 0.05) is 43.7 Å². The van der Waals surface area contributed by atoms with Gasteiger partial charge in [-0.3, -0.25) is 9.69 Å². The molecule has 2 heterocycles. The van der Waals surface area contributed by atoms with Crippen molar-refractivity contribution >= 4 is 16.9 Å². The Hall–Kier alpha value is -2.66. The molecule has 5 nitrogen and oxygen atoms in total. The van der Waals surface area contributed by atoms with Gasteiger partial charge in [-0.2, -0.15) is 0 Å². The molecule has 0 bridgehead atoms. The van der Waals surface area contributed by atoms with Crippen LogP contribution in [0.1, 0.15) is 28.0 Å². The highest BCUT2D eigenvalue weighted by atomic mass is 16.5. The zero-order valence-electron chi connectivity index (χ0n) is 15.0. The third-order valence-corrected chi connectivity index (χ3v) is 5.08. The van der Waals surface area contributed by atoms with E-state index in [1.165, 1.54) is 0 Å². The van der Waals surface area contributed by atoms with Crippen LogP contribution < -0.4 is 0 Å². The van der Waals surface area contributed by atoms with Crippen molar-refractivity contribution in [1.82, 2.24) is 15.0 Å². The van der Waals surface area contributed by atoms with Gasteiger partial charge in [-0.25, -0.2) is 0 Å². The molecule has 4 rings (SSSR count). The average molecular weight is 349 g/mol. The Labute approximate surface area is 153 Å². The average Bonchev–Trinajstić information content (AvgIpc) is 2.91. The van der Waals surface area contributed by atoms with Crippen molar-refractivity contribution in [2.24, 2.45) is 0 Å². The summed E-state index contributed by atoms with van der Waals surface area (Å²) >= 11 is 0. The van der Waals surface area contributed by atoms with E-state index in [0.717, 1.165) is 66.9 Å². The number of aryl methyl sites for hydroxylation is 1. The summed E-state index contributed by atoms with van der Waals surface area (Å²) in [5, 5.41) is 5.31. The summed E-state index contributed by atoms with van der Waals surface area (Å²) in [6.07, 6.45) is 0.966. The maximum absolute atomic E-state index is 12.9. The number of fused-ring (bicyclic) bond motifs is 1. The molecule has 0 saturated carbocycles. The van der Waals surface area contributed by atoms with E-state index in [1.54, 1.807) is 0 Å². The lowest BCUT2D eigenvalue weighted by Crippen LogP contribution is -2.35. The Morgan fingerprint density at radius 1 is 1.04 bits per heavy atom. The van der Waals surface area contributed by atoms with Crippen LogP contribution in [0.2, 0.25) is 0 Å². The summed E-state index contributed by atoms with van der Waals surface area (Å²) < 4.78 is 5.41. The molecular formula is C21H23N3O2. The Morgan fingerprint density at radius 2 is 1.85 bits per heavy atom. The van der Waals surface area contributed by atoms with Gasteiger partial charge in [0.05, 0.1) is 0 Å². The molecule has 134 valence electrons. The van der Waals surface area contributed by atoms with Crippen LogP contribution >= 0.6 is 0 Å². The molecule has 0 radical (unpaired) electrons. The zero-order valence-corrected chi connectivity index (χ0v) is 15.0. The first kappa shape index (κ1) is 16.8. The van der Waals surface area contributed by atoms with Gasteiger partial charge < -0.3 is 9.42 Å². The van der Waals surface area contributed by atoms with Gasteiger partial charge in [-0.05, 0) is 37.1 Å². The number of nitrogens with zero attached hydrogens (tertiary/aromatic N) is 3. The van der Waals surface area contributed by atoms with Crippen molar-refractivity contribution in [1.29, 1.82) is 0 Å². The smallest absolute Gasteiger partial charge is 0.254 e. The summed E-state index contributed by atoms with van der Waals surface area (Å²) in [6, 6.07) is 15.8. The van der Waals surface area contributed by atoms with Crippen LogP contribution in [0, 0.1) is 6.92 Å². The van der Waals surface area contributed by atoms with Crippen molar-refractivity contribution in [3.63, 3.8) is 0 Å². The van der Waals surface area contributed by atoms with Crippen LogP contribution in [0.3, 0.4) is 0 Å². The fourth-order valence-electron chi connectivity index (χ4n) is 3.58. The Bertz CT molecular complexity index is 918. The van der Waals surface area contributed by atoms with Crippen LogP contribution in [-0.4, -0.2) is 47.0 Å². The summed E-state index contributed by atoms with van der Waals surface area (Å²) in [5.74, 6) is 0.136. The number of amides is 1. The first-order chi connectivity index (χ1) is 12.7. The highest BCUT2D eigenvalue weighted by Crippen LogP contribution is 2.20. The van der Waals surface area contributed by atoms with Crippen LogP contribution in [0.25, 0.3) is 11.0 Å². The predicted molar refractivity (Wildman–Crippen MR) is 101 cm³/mol. The topological polar surface area (TPSA) is 49.6 Å². The van der Waals surface area contributed by atoms with E-state index >= 15 is 0 Å². The maximum Gasteiger partial charge on any atom is 0.254 e. The minimum Gasteiger partial charge on any atom is -0.356 e. The minimum atomic E-state index is 0.136. The van der Waals surface area contributed by atoms with Gasteiger partial charge >= 0.3 is 0 Å². The number of carbonyl (C=O) groups excluding carboxylic acids is 1. The molecule has 0 unspecified atom stereocenters. The van der Waals surface area contributed by atoms with Gasteiger partial charge in [0.15, 0.2) is 5.58 Å². The largest absolute Gasteiger partial charge is 0.356 e. The molecule has 0 N–H and O–H groups in total. The third kappa shape index (κ3) is 3.35. The molecule has 1 aliphatic heterocycles. The fourth-order valence-corrected chi connectivity index (χ4v) is 3.58. The zero-order chi connectivity index (χ0) is 17.9. The Kier molecular flexibility index (Phi) is 4.71. The summed E-state index contributed by atoms with van der Waals surface area (Å²) in [7, 11) is 0. The van der Waals surface area contributed by atoms with Crippen LogP contribution in [0.5, 0.6) is 0 Å². The van der Waals surface area contributed by atoms with E-state index in [2.05, 4.69) is 10.1 Å². The normalized spacial score (nSPS) is 16.0. The molecule has 1 saturated heterocycles. The first-order valence-electron chi connectivity index (χ1n) is 9.13. The highest BCUT2D eigenvalue weighted by Gasteiger charge is 2.22. The molecule has 26 heavy (non-hydrogen) atoms. The SMILES string of the molecule is Cc1ccccc1C(=O)N1CCCN(Cc2noc3ccccc23)CC1. The van der Waals surface area contributed by atoms with Crippen molar-refractivity contribution in [3.8, 4) is 0 Å². The van der Waals surface area contributed by atoms with Crippen molar-refractivity contribution in [2.45, 2.75) is 19.9 Å². The number of benzene rings is 2. The second-order valence-electron chi connectivity index (χ2n) is 6.86. The minimum absolute atomic E-state index is 0.136. The van der Waals surface area contributed by atoms with Gasteiger partial charge in [0.2, 0.25) is 0 Å². The van der Waals surface area contributed by atoms with Gasteiger partial charge in [-0.15, -0.1) is 0 Å². The van der Waals surface area contributed by atoms with Gasteiger partial charge in [-0.1, -0.05) is 35.5 Å². The summed E-state index contributed by atoms with van der Waals surface area (Å²) in [6.45, 7) is 6.08. The number of hydrogen-bond donors (Lipinski definition) is 0. The third-order valence-electron chi connectivity index (χ3n) is 5.08. The fraction of sp³-hybridized carbons (Fsp3) is 0.333. The van der Waals surface area contributed by atoms with E-state index in [4.69, 9.17) is 4.52 Å². The highest BCUT2D eigenvalue weighted by molar-refractivity contribution is 5.95. The van der Waals surface area contributed by atoms with Crippen LogP contribution in [0.4, 0.5) is 0 Å². The van der Waals surface area contributed by atoms with Crippen LogP contribution in [0.15, 0.2) is 53.1 Å². The number of para-hydroxylation sites is 1. The lowest BCUT2D eigenvalue weighted by molar-refractivity contribution is 0.0760. The van der Waals surface area contributed by atoms with Crippen molar-refractivity contribution in [3.05, 3.63) is 65.4 Å². The van der Waals surface area contributed by atoms with E-state index < -0.39 is 0 Å². The first-order valence-corrected chi connectivity index (χ1v) is 9.13. The molecule has 3 aromatic rings. The number of aromatic nitrogens is 1. The second-order valence-corrected chi connectivity index (χ2v) is 6.86. The predicted octanol–water partition coefficient (Wildman–Crippen LogP) is 3.48. The molecule has 1 aliphatic rings. The number of rotatable bonds is 3. The van der Waals surface area contributed by atoms with E-state index in [-0.39, 0.29) is 5.91 Å². The molecule has 1 amide bonds. The molecule has 2 aromatic carbocycles. The van der Waals surface area contributed by atoms with Gasteiger partial charge in [0.1, 0.15) is 5.69 Å². The Balaban J connectivity index is 1.43. The molecule has 0 atom stereocenters. The Morgan fingerprint density at radius 3 is 2.73 bits per heavy atom. The molecule has 1 aromatic heterocycles. The molecule has 0 spiro atoms. The summed E-state index contributed by atoms with van der Waals surface area (Å²) in [4.78, 5) is 17.2. The van der Waals surface area contributed by atoms with Crippen molar-refractivity contribution in [2.75, 3.05) is 26.2 Å². The van der Waals surface area contributed by atoms with Crippen LogP contribution in [-0.2, 0) is 6.54 Å². The van der Waals surface area contributed by atoms with E-state index in [1.807, 2.05) is 60.4 Å². The van der Waals surface area contributed by atoms with E-state index in [0.29, 0.717) is 0 Å². The maximum atomic E-state index is 12.9. The quantitative estimate of drug-likeness (QED) is 0.726. The molecule has 5 heteroatoms. The number of carbonyl (C=O) groups is 1. The monoisotopic (exact) mass is 349 g/mol. The molecule has 0 aliphatic carbocycles. The molecule has 1 fully saturated rings. The summed E-state index contributed by atoms with van der Waals surface area (Å²) in [5.41, 5.74) is 3.64. The van der Waals surface area contributed by atoms with Crippen molar-refractivity contribution < 1.29 is 9.32 Å². The lowest BCUT2D eigenvalue weighted by atomic mass is 10.1. The second kappa shape index (κ2) is 7.30. The molecular weight excluding hydrogens is 326 g/mol. The number of hydrogen-bond acceptors (Lipinski definition) is 4. The lowest BCUT2D eigenvalue weighted by Gasteiger charge is -2.22. The van der Waals surface area contributed by atoms with E-state index in [9.17, 15) is 4.79 Å². The standard InChI is InChI=1S/C21H23N3O2/c1-16-7-2-3-8-17(16)21(25)24-12-6-11-23(13-14-24)15-19-18-9-4-5-10-20(18)26-22-19/h2-5,7-10H,6,11-15H2,1H3. The van der Waals surface area contributed by atoms with Gasteiger partial charge in [0.25, 0.3) is 5.91 Å².